The van der Waals surface area contributed by atoms with Gasteiger partial charge < -0.3 is 4.74 Å². The van der Waals surface area contributed by atoms with Crippen molar-refractivity contribution in [2.45, 2.75) is 0 Å². The van der Waals surface area contributed by atoms with Gasteiger partial charge in [0.15, 0.2) is 11.6 Å². The molecule has 0 unspecified atom stereocenters. The molecule has 0 fully saturated rings. The monoisotopic (exact) mass is 234 g/mol. The van der Waals surface area contributed by atoms with Crippen molar-refractivity contribution < 1.29 is 18.3 Å². The lowest BCUT2D eigenvalue weighted by atomic mass is 10.2. The quantitative estimate of drug-likeness (QED) is 0.759. The summed E-state index contributed by atoms with van der Waals surface area (Å²) in [6, 6.07) is 9.83. The van der Waals surface area contributed by atoms with Crippen LogP contribution in [-0.2, 0) is 0 Å². The van der Waals surface area contributed by atoms with Crippen LogP contribution in [0.2, 0.25) is 0 Å². The van der Waals surface area contributed by atoms with Crippen LogP contribution in [-0.4, -0.2) is 6.29 Å². The van der Waals surface area contributed by atoms with Gasteiger partial charge in [-0.25, -0.2) is 4.39 Å². The maximum absolute atomic E-state index is 13.3. The number of aldehydes is 1. The van der Waals surface area contributed by atoms with E-state index in [4.69, 9.17) is 4.74 Å². The van der Waals surface area contributed by atoms with Crippen molar-refractivity contribution in [3.05, 3.63) is 59.7 Å². The van der Waals surface area contributed by atoms with Crippen LogP contribution in [0.3, 0.4) is 0 Å². The zero-order valence-electron chi connectivity index (χ0n) is 8.69. The average molecular weight is 234 g/mol. The van der Waals surface area contributed by atoms with Gasteiger partial charge in [0.1, 0.15) is 12.0 Å². The Morgan fingerprint density at radius 3 is 2.59 bits per heavy atom. The summed E-state index contributed by atoms with van der Waals surface area (Å²) in [7, 11) is 0. The zero-order chi connectivity index (χ0) is 12.3. The first-order valence-electron chi connectivity index (χ1n) is 4.88. The van der Waals surface area contributed by atoms with Crippen LogP contribution < -0.4 is 4.74 Å². The highest BCUT2D eigenvalue weighted by atomic mass is 19.2. The SMILES string of the molecule is O=Cc1cccc(Oc2cccc(F)c2F)c1. The Labute approximate surface area is 96.5 Å². The molecule has 0 amide bonds. The van der Waals surface area contributed by atoms with Gasteiger partial charge in [-0.15, -0.1) is 0 Å². The number of benzene rings is 2. The summed E-state index contributed by atoms with van der Waals surface area (Å²) >= 11 is 0. The fraction of sp³-hybridized carbons (Fsp3) is 0. The number of carbonyl (C=O) groups excluding carboxylic acids is 1. The van der Waals surface area contributed by atoms with Gasteiger partial charge in [-0.2, -0.15) is 4.39 Å². The normalized spacial score (nSPS) is 10.0. The maximum atomic E-state index is 13.3. The van der Waals surface area contributed by atoms with Crippen LogP contribution >= 0.6 is 0 Å². The topological polar surface area (TPSA) is 26.3 Å². The summed E-state index contributed by atoms with van der Waals surface area (Å²) in [6.07, 6.45) is 0.648. The molecule has 0 radical (unpaired) electrons. The highest BCUT2D eigenvalue weighted by molar-refractivity contribution is 5.75. The minimum absolute atomic E-state index is 0.215. The Kier molecular flexibility index (Phi) is 3.14. The van der Waals surface area contributed by atoms with Crippen molar-refractivity contribution in [1.29, 1.82) is 0 Å². The molecule has 0 aromatic heterocycles. The molecule has 0 saturated heterocycles. The predicted octanol–water partition coefficient (Wildman–Crippen LogP) is 3.57. The molecule has 2 nitrogen and oxygen atoms in total. The molecule has 4 heteroatoms. The minimum atomic E-state index is -1.05. The van der Waals surface area contributed by atoms with Gasteiger partial charge in [-0.1, -0.05) is 18.2 Å². The van der Waals surface area contributed by atoms with E-state index >= 15 is 0 Å². The molecule has 86 valence electrons. The third-order valence-corrected chi connectivity index (χ3v) is 2.14. The molecule has 0 aliphatic rings. The van der Waals surface area contributed by atoms with Gasteiger partial charge in [0.25, 0.3) is 0 Å². The molecule has 0 N–H and O–H groups in total. The van der Waals surface area contributed by atoms with Crippen molar-refractivity contribution in [3.8, 4) is 11.5 Å². The summed E-state index contributed by atoms with van der Waals surface area (Å²) in [5, 5.41) is 0. The molecule has 0 aliphatic heterocycles. The van der Waals surface area contributed by atoms with Crippen molar-refractivity contribution in [1.82, 2.24) is 0 Å². The first-order valence-corrected chi connectivity index (χ1v) is 4.88. The van der Waals surface area contributed by atoms with Crippen molar-refractivity contribution in [3.63, 3.8) is 0 Å². The van der Waals surface area contributed by atoms with E-state index < -0.39 is 11.6 Å². The van der Waals surface area contributed by atoms with Crippen LogP contribution in [0, 0.1) is 11.6 Å². The Morgan fingerprint density at radius 2 is 1.82 bits per heavy atom. The summed E-state index contributed by atoms with van der Waals surface area (Å²) in [5.41, 5.74) is 0.402. The van der Waals surface area contributed by atoms with E-state index in [-0.39, 0.29) is 11.5 Å². The highest BCUT2D eigenvalue weighted by Crippen LogP contribution is 2.25. The molecule has 0 bridgehead atoms. The molecule has 2 rings (SSSR count). The summed E-state index contributed by atoms with van der Waals surface area (Å²) < 4.78 is 31.4. The number of ether oxygens (including phenoxy) is 1. The highest BCUT2D eigenvalue weighted by Gasteiger charge is 2.09. The van der Waals surface area contributed by atoms with Gasteiger partial charge in [0.05, 0.1) is 0 Å². The van der Waals surface area contributed by atoms with Crippen molar-refractivity contribution >= 4 is 6.29 Å². The van der Waals surface area contributed by atoms with Gasteiger partial charge in [-0.3, -0.25) is 4.79 Å². The lowest BCUT2D eigenvalue weighted by Gasteiger charge is -2.07. The number of hydrogen-bond donors (Lipinski definition) is 0. The average Bonchev–Trinajstić information content (AvgIpc) is 2.35. The maximum Gasteiger partial charge on any atom is 0.201 e. The minimum Gasteiger partial charge on any atom is -0.454 e. The Bertz CT molecular complexity index is 553. The van der Waals surface area contributed by atoms with Crippen LogP contribution in [0.4, 0.5) is 8.78 Å². The smallest absolute Gasteiger partial charge is 0.201 e. The third kappa shape index (κ3) is 2.47. The molecule has 0 saturated carbocycles. The second-order valence-corrected chi connectivity index (χ2v) is 3.34. The molecule has 2 aromatic rings. The first kappa shape index (κ1) is 11.3. The van der Waals surface area contributed by atoms with Crippen molar-refractivity contribution in [2.24, 2.45) is 0 Å². The number of carbonyl (C=O) groups is 1. The lowest BCUT2D eigenvalue weighted by Crippen LogP contribution is -1.92. The third-order valence-electron chi connectivity index (χ3n) is 2.14. The molecule has 0 spiro atoms. The van der Waals surface area contributed by atoms with E-state index in [1.54, 1.807) is 18.2 Å². The predicted molar refractivity (Wildman–Crippen MR) is 58.3 cm³/mol. The molecule has 0 atom stereocenters. The molecular formula is C13H8F2O2. The second kappa shape index (κ2) is 4.74. The number of rotatable bonds is 3. The first-order chi connectivity index (χ1) is 8.20. The van der Waals surface area contributed by atoms with Gasteiger partial charge >= 0.3 is 0 Å². The lowest BCUT2D eigenvalue weighted by molar-refractivity contribution is 0.112. The molecular weight excluding hydrogens is 226 g/mol. The Hall–Kier alpha value is -2.23. The van der Waals surface area contributed by atoms with E-state index in [1.165, 1.54) is 18.2 Å². The van der Waals surface area contributed by atoms with E-state index in [0.29, 0.717) is 11.8 Å². The fourth-order valence-electron chi connectivity index (χ4n) is 1.34. The molecule has 2 aromatic carbocycles. The van der Waals surface area contributed by atoms with Crippen molar-refractivity contribution in [2.75, 3.05) is 0 Å². The molecule has 0 heterocycles. The summed E-state index contributed by atoms with van der Waals surface area (Å²) in [6.45, 7) is 0. The molecule has 0 aliphatic carbocycles. The molecule has 17 heavy (non-hydrogen) atoms. The van der Waals surface area contributed by atoms with E-state index in [9.17, 15) is 13.6 Å². The Morgan fingerprint density at radius 1 is 1.06 bits per heavy atom. The van der Waals surface area contributed by atoms with Crippen LogP contribution in [0.1, 0.15) is 10.4 Å². The Balaban J connectivity index is 2.31. The number of hydrogen-bond acceptors (Lipinski definition) is 2. The number of halogens is 2. The fourth-order valence-corrected chi connectivity index (χ4v) is 1.34. The van der Waals surface area contributed by atoms with E-state index in [2.05, 4.69) is 0 Å². The van der Waals surface area contributed by atoms with Crippen LogP contribution in [0.5, 0.6) is 11.5 Å². The van der Waals surface area contributed by atoms with Gasteiger partial charge in [0, 0.05) is 5.56 Å². The van der Waals surface area contributed by atoms with E-state index in [1.807, 2.05) is 0 Å². The summed E-state index contributed by atoms with van der Waals surface area (Å²) in [5.74, 6) is -1.97. The largest absolute Gasteiger partial charge is 0.454 e. The second-order valence-electron chi connectivity index (χ2n) is 3.34. The van der Waals surface area contributed by atoms with E-state index in [0.717, 1.165) is 6.07 Å². The van der Waals surface area contributed by atoms with Gasteiger partial charge in [0.2, 0.25) is 5.82 Å². The zero-order valence-corrected chi connectivity index (χ0v) is 8.69. The standard InChI is InChI=1S/C13H8F2O2/c14-11-5-2-6-12(13(11)15)17-10-4-1-3-9(7-10)8-16/h1-8H. The van der Waals surface area contributed by atoms with Crippen LogP contribution in [0.25, 0.3) is 0 Å². The van der Waals surface area contributed by atoms with Crippen LogP contribution in [0.15, 0.2) is 42.5 Å². The summed E-state index contributed by atoms with van der Waals surface area (Å²) in [4.78, 5) is 10.5. The van der Waals surface area contributed by atoms with Gasteiger partial charge in [-0.05, 0) is 24.3 Å².